The summed E-state index contributed by atoms with van der Waals surface area (Å²) in [5.41, 5.74) is 3.97. The summed E-state index contributed by atoms with van der Waals surface area (Å²) in [6.07, 6.45) is 1.30. The standard InChI is InChI=1S/C18H21N.C7H9N/c1-2-15-13-19(14-15)18(16-9-5-3-6-10-16)17-11-7-4-8-12-17;1-8-7-5-3-2-4-6-7/h3-12,15,18H,2,13-14H2,1H3;2-6,8H,1H3. The van der Waals surface area contributed by atoms with Crippen LogP contribution in [0.1, 0.15) is 30.5 Å². The molecule has 0 saturated carbocycles. The van der Waals surface area contributed by atoms with Gasteiger partial charge in [-0.05, 0) is 29.2 Å². The third-order valence-electron chi connectivity index (χ3n) is 5.22. The van der Waals surface area contributed by atoms with Crippen LogP contribution in [0.25, 0.3) is 0 Å². The summed E-state index contributed by atoms with van der Waals surface area (Å²) in [5.74, 6) is 0.884. The van der Waals surface area contributed by atoms with Gasteiger partial charge in [0.1, 0.15) is 0 Å². The van der Waals surface area contributed by atoms with Crippen LogP contribution in [0, 0.1) is 5.92 Å². The molecule has 2 heteroatoms. The number of hydrogen-bond donors (Lipinski definition) is 1. The quantitative estimate of drug-likeness (QED) is 0.616. The number of nitrogens with one attached hydrogen (secondary N) is 1. The molecule has 0 atom stereocenters. The second-order valence-electron chi connectivity index (χ2n) is 7.07. The minimum atomic E-state index is 0.421. The molecule has 1 N–H and O–H groups in total. The van der Waals surface area contributed by atoms with Crippen molar-refractivity contribution in [2.45, 2.75) is 19.4 Å². The highest BCUT2D eigenvalue weighted by atomic mass is 15.2. The molecule has 27 heavy (non-hydrogen) atoms. The molecule has 1 saturated heterocycles. The van der Waals surface area contributed by atoms with Crippen LogP contribution in [0.5, 0.6) is 0 Å². The number of para-hydroxylation sites is 1. The van der Waals surface area contributed by atoms with Crippen molar-refractivity contribution in [1.82, 2.24) is 4.90 Å². The fourth-order valence-electron chi connectivity index (χ4n) is 3.57. The van der Waals surface area contributed by atoms with Gasteiger partial charge in [-0.1, -0.05) is 92.2 Å². The molecule has 0 unspecified atom stereocenters. The van der Waals surface area contributed by atoms with E-state index >= 15 is 0 Å². The fourth-order valence-corrected chi connectivity index (χ4v) is 3.57. The van der Waals surface area contributed by atoms with Gasteiger partial charge in [-0.15, -0.1) is 0 Å². The molecule has 0 radical (unpaired) electrons. The lowest BCUT2D eigenvalue weighted by molar-refractivity contribution is 0.0665. The van der Waals surface area contributed by atoms with Crippen LogP contribution in [-0.2, 0) is 0 Å². The lowest BCUT2D eigenvalue weighted by Crippen LogP contribution is -2.48. The lowest BCUT2D eigenvalue weighted by Gasteiger charge is -2.44. The highest BCUT2D eigenvalue weighted by Gasteiger charge is 2.32. The Bertz CT molecular complexity index is 726. The Hall–Kier alpha value is -2.58. The predicted octanol–water partition coefficient (Wildman–Crippen LogP) is 5.85. The molecule has 4 rings (SSSR count). The van der Waals surface area contributed by atoms with Crippen LogP contribution >= 0.6 is 0 Å². The summed E-state index contributed by atoms with van der Waals surface area (Å²) in [4.78, 5) is 2.60. The van der Waals surface area contributed by atoms with Gasteiger partial charge < -0.3 is 5.32 Å². The van der Waals surface area contributed by atoms with E-state index in [0.717, 1.165) is 11.6 Å². The average Bonchev–Trinajstić information content (AvgIpc) is 2.72. The van der Waals surface area contributed by atoms with Gasteiger partial charge >= 0.3 is 0 Å². The van der Waals surface area contributed by atoms with Crippen LogP contribution in [0.4, 0.5) is 5.69 Å². The van der Waals surface area contributed by atoms with E-state index < -0.39 is 0 Å². The van der Waals surface area contributed by atoms with E-state index in [4.69, 9.17) is 0 Å². The maximum atomic E-state index is 3.03. The molecule has 140 valence electrons. The number of likely N-dealkylation sites (tertiary alicyclic amines) is 1. The van der Waals surface area contributed by atoms with Gasteiger partial charge in [0.25, 0.3) is 0 Å². The Morgan fingerprint density at radius 3 is 1.59 bits per heavy atom. The van der Waals surface area contributed by atoms with Gasteiger partial charge in [-0.3, -0.25) is 4.90 Å². The van der Waals surface area contributed by atoms with E-state index in [-0.39, 0.29) is 0 Å². The van der Waals surface area contributed by atoms with Gasteiger partial charge in [0.15, 0.2) is 0 Å². The van der Waals surface area contributed by atoms with Crippen molar-refractivity contribution in [2.75, 3.05) is 25.5 Å². The minimum Gasteiger partial charge on any atom is -0.388 e. The third-order valence-corrected chi connectivity index (χ3v) is 5.22. The zero-order valence-corrected chi connectivity index (χ0v) is 16.4. The Morgan fingerprint density at radius 1 is 0.778 bits per heavy atom. The van der Waals surface area contributed by atoms with Gasteiger partial charge in [0.05, 0.1) is 6.04 Å². The van der Waals surface area contributed by atoms with E-state index in [2.05, 4.69) is 77.8 Å². The smallest absolute Gasteiger partial charge is 0.0602 e. The molecule has 0 aliphatic carbocycles. The van der Waals surface area contributed by atoms with Gasteiger partial charge in [0.2, 0.25) is 0 Å². The van der Waals surface area contributed by atoms with Crippen LogP contribution < -0.4 is 5.32 Å². The summed E-state index contributed by atoms with van der Waals surface area (Å²) in [6, 6.07) is 32.2. The Balaban J connectivity index is 0.000000221. The van der Waals surface area contributed by atoms with Crippen LogP contribution in [0.15, 0.2) is 91.0 Å². The van der Waals surface area contributed by atoms with Crippen molar-refractivity contribution < 1.29 is 0 Å². The maximum Gasteiger partial charge on any atom is 0.0602 e. The van der Waals surface area contributed by atoms with Crippen molar-refractivity contribution in [1.29, 1.82) is 0 Å². The second kappa shape index (κ2) is 9.94. The van der Waals surface area contributed by atoms with E-state index in [0.29, 0.717) is 6.04 Å². The molecule has 0 bridgehead atoms. The minimum absolute atomic E-state index is 0.421. The highest BCUT2D eigenvalue weighted by molar-refractivity contribution is 5.41. The maximum absolute atomic E-state index is 3.03. The van der Waals surface area contributed by atoms with Crippen molar-refractivity contribution in [3.63, 3.8) is 0 Å². The SMILES string of the molecule is CCC1CN(C(c2ccccc2)c2ccccc2)C1.CNc1ccccc1. The molecule has 1 fully saturated rings. The summed E-state index contributed by atoms with van der Waals surface area (Å²) >= 11 is 0. The van der Waals surface area contributed by atoms with E-state index in [1.807, 2.05) is 37.4 Å². The van der Waals surface area contributed by atoms with Gasteiger partial charge in [-0.25, -0.2) is 0 Å². The highest BCUT2D eigenvalue weighted by Crippen LogP contribution is 2.34. The number of benzene rings is 3. The number of hydrogen-bond acceptors (Lipinski definition) is 2. The molecule has 3 aromatic rings. The van der Waals surface area contributed by atoms with Crippen LogP contribution in [-0.4, -0.2) is 25.0 Å². The summed E-state index contributed by atoms with van der Waals surface area (Å²) < 4.78 is 0. The zero-order valence-electron chi connectivity index (χ0n) is 16.4. The summed E-state index contributed by atoms with van der Waals surface area (Å²) in [6.45, 7) is 4.75. The number of nitrogens with zero attached hydrogens (tertiary/aromatic N) is 1. The van der Waals surface area contributed by atoms with Crippen LogP contribution in [0.2, 0.25) is 0 Å². The van der Waals surface area contributed by atoms with Crippen molar-refractivity contribution >= 4 is 5.69 Å². The summed E-state index contributed by atoms with van der Waals surface area (Å²) in [7, 11) is 1.91. The van der Waals surface area contributed by atoms with Crippen molar-refractivity contribution in [2.24, 2.45) is 5.92 Å². The Kier molecular flexibility index (Phi) is 7.06. The largest absolute Gasteiger partial charge is 0.388 e. The van der Waals surface area contributed by atoms with E-state index in [9.17, 15) is 0 Å². The van der Waals surface area contributed by atoms with E-state index in [1.54, 1.807) is 0 Å². The molecule has 2 nitrogen and oxygen atoms in total. The van der Waals surface area contributed by atoms with Crippen molar-refractivity contribution in [3.05, 3.63) is 102 Å². The Morgan fingerprint density at radius 2 is 1.22 bits per heavy atom. The van der Waals surface area contributed by atoms with Gasteiger partial charge in [-0.2, -0.15) is 0 Å². The lowest BCUT2D eigenvalue weighted by atomic mass is 9.89. The van der Waals surface area contributed by atoms with E-state index in [1.165, 1.54) is 30.6 Å². The monoisotopic (exact) mass is 358 g/mol. The first-order valence-electron chi connectivity index (χ1n) is 9.88. The molecule has 1 aliphatic rings. The number of anilines is 1. The first kappa shape index (κ1) is 19.2. The van der Waals surface area contributed by atoms with Crippen molar-refractivity contribution in [3.8, 4) is 0 Å². The Labute approximate surface area is 163 Å². The molecule has 1 aliphatic heterocycles. The first-order valence-corrected chi connectivity index (χ1v) is 9.88. The van der Waals surface area contributed by atoms with Gasteiger partial charge in [0, 0.05) is 25.8 Å². The fraction of sp³-hybridized carbons (Fsp3) is 0.280. The predicted molar refractivity (Wildman–Crippen MR) is 116 cm³/mol. The average molecular weight is 359 g/mol. The van der Waals surface area contributed by atoms with Crippen LogP contribution in [0.3, 0.4) is 0 Å². The zero-order chi connectivity index (χ0) is 18.9. The molecular formula is C25H30N2. The summed E-state index contributed by atoms with van der Waals surface area (Å²) in [5, 5.41) is 3.03. The molecule has 1 heterocycles. The first-order chi connectivity index (χ1) is 13.3. The topological polar surface area (TPSA) is 15.3 Å². The molecule has 0 aromatic heterocycles. The molecule has 3 aromatic carbocycles. The normalized spacial score (nSPS) is 14.2. The number of rotatable bonds is 5. The molecule has 0 amide bonds. The third kappa shape index (κ3) is 5.21. The second-order valence-corrected chi connectivity index (χ2v) is 7.07. The molecular weight excluding hydrogens is 328 g/mol. The molecule has 0 spiro atoms.